The maximum absolute atomic E-state index is 13.6. The number of aromatic nitrogens is 1. The summed E-state index contributed by atoms with van der Waals surface area (Å²) in [6.45, 7) is 1.83. The van der Waals surface area contributed by atoms with Crippen molar-refractivity contribution in [3.05, 3.63) is 64.7 Å². The molecule has 0 aliphatic rings. The van der Waals surface area contributed by atoms with Crippen LogP contribution in [-0.4, -0.2) is 10.9 Å². The molecule has 1 heterocycles. The van der Waals surface area contributed by atoms with Crippen LogP contribution in [0.1, 0.15) is 28.9 Å². The second-order valence-electron chi connectivity index (χ2n) is 4.07. The molecule has 1 aromatic carbocycles. The highest BCUT2D eigenvalue weighted by Crippen LogP contribution is 2.17. The monoisotopic (exact) mass is 278 g/mol. The molecule has 0 saturated heterocycles. The van der Waals surface area contributed by atoms with E-state index < -0.39 is 11.7 Å². The molecular weight excluding hydrogens is 267 g/mol. The number of halogens is 2. The molecule has 2 rings (SSSR count). The van der Waals surface area contributed by atoms with Crippen LogP contribution in [0.25, 0.3) is 0 Å². The molecule has 3 nitrogen and oxygen atoms in total. The quantitative estimate of drug-likeness (QED) is 0.875. The number of nitrogens with one attached hydrogen (secondary N) is 1. The lowest BCUT2D eigenvalue weighted by Gasteiger charge is -2.14. The van der Waals surface area contributed by atoms with Gasteiger partial charge >= 0.3 is 0 Å². The summed E-state index contributed by atoms with van der Waals surface area (Å²) in [5, 5.41) is 2.41. The molecule has 1 unspecified atom stereocenters. The number of hydrogen-bond donors (Lipinski definition) is 1. The summed E-state index contributed by atoms with van der Waals surface area (Å²) in [7, 11) is 0. The molecule has 0 bridgehead atoms. The molecule has 0 aliphatic carbocycles. The average Bonchev–Trinajstić information content (AvgIpc) is 2.42. The summed E-state index contributed by atoms with van der Waals surface area (Å²) in [6, 6.07) is 10.5. The molecule has 2 aromatic rings. The van der Waals surface area contributed by atoms with E-state index in [9.17, 15) is 9.18 Å². The Kier molecular flexibility index (Phi) is 4.12. The zero-order chi connectivity index (χ0) is 13.8. The highest BCUT2D eigenvalue weighted by molar-refractivity contribution is 6.29. The molecule has 5 heteroatoms. The van der Waals surface area contributed by atoms with Crippen molar-refractivity contribution in [3.63, 3.8) is 0 Å². The summed E-state index contributed by atoms with van der Waals surface area (Å²) in [5.41, 5.74) is 0.833. The summed E-state index contributed by atoms with van der Waals surface area (Å²) >= 11 is 5.55. The third kappa shape index (κ3) is 3.09. The van der Waals surface area contributed by atoms with Gasteiger partial charge in [-0.15, -0.1) is 0 Å². The van der Waals surface area contributed by atoms with Gasteiger partial charge in [0.1, 0.15) is 0 Å². The van der Waals surface area contributed by atoms with E-state index in [2.05, 4.69) is 10.3 Å². The first-order chi connectivity index (χ1) is 9.09. The van der Waals surface area contributed by atoms with Gasteiger partial charge in [0.2, 0.25) is 0 Å². The lowest BCUT2D eigenvalue weighted by Crippen LogP contribution is -2.27. The molecule has 19 heavy (non-hydrogen) atoms. The van der Waals surface area contributed by atoms with Crippen LogP contribution in [0, 0.1) is 5.82 Å². The fourth-order valence-corrected chi connectivity index (χ4v) is 1.85. The van der Waals surface area contributed by atoms with E-state index in [1.54, 1.807) is 0 Å². The number of carbonyl (C=O) groups excluding carboxylic acids is 1. The number of pyridine rings is 1. The van der Waals surface area contributed by atoms with Crippen molar-refractivity contribution in [3.8, 4) is 0 Å². The van der Waals surface area contributed by atoms with Crippen molar-refractivity contribution >= 4 is 17.5 Å². The second-order valence-corrected chi connectivity index (χ2v) is 4.43. The fraction of sp³-hybridized carbons (Fsp3) is 0.143. The summed E-state index contributed by atoms with van der Waals surface area (Å²) in [6.07, 6.45) is 1.30. The summed E-state index contributed by atoms with van der Waals surface area (Å²) in [4.78, 5) is 15.5. The Bertz CT molecular complexity index is 589. The molecule has 0 radical (unpaired) electrons. The minimum atomic E-state index is -0.804. The second kappa shape index (κ2) is 5.80. The third-order valence-corrected chi connectivity index (χ3v) is 3.00. The first-order valence-electron chi connectivity index (χ1n) is 5.75. The van der Waals surface area contributed by atoms with E-state index in [0.29, 0.717) is 0 Å². The van der Waals surface area contributed by atoms with E-state index in [0.717, 1.165) is 5.56 Å². The van der Waals surface area contributed by atoms with Crippen molar-refractivity contribution in [1.29, 1.82) is 0 Å². The van der Waals surface area contributed by atoms with Gasteiger partial charge in [0, 0.05) is 6.20 Å². The first-order valence-corrected chi connectivity index (χ1v) is 6.13. The molecule has 1 aromatic heterocycles. The smallest absolute Gasteiger partial charge is 0.254 e. The van der Waals surface area contributed by atoms with Crippen LogP contribution >= 0.6 is 11.6 Å². The Morgan fingerprint density at radius 1 is 1.32 bits per heavy atom. The highest BCUT2D eigenvalue weighted by atomic mass is 35.5. The van der Waals surface area contributed by atoms with Crippen molar-refractivity contribution < 1.29 is 9.18 Å². The fourth-order valence-electron chi connectivity index (χ4n) is 1.69. The Morgan fingerprint density at radius 3 is 2.68 bits per heavy atom. The van der Waals surface area contributed by atoms with Gasteiger partial charge in [-0.2, -0.15) is 0 Å². The maximum atomic E-state index is 13.6. The van der Waals surface area contributed by atoms with E-state index in [-0.39, 0.29) is 16.8 Å². The van der Waals surface area contributed by atoms with Gasteiger partial charge in [0.15, 0.2) is 11.0 Å². The van der Waals surface area contributed by atoms with Crippen LogP contribution in [0.3, 0.4) is 0 Å². The standard InChI is InChI=1S/C14H12ClFN2O/c1-9(10-5-3-2-4-6-10)18-14(19)11-7-8-17-13(15)12(11)16/h2-9H,1H3,(H,18,19). The Morgan fingerprint density at radius 2 is 2.00 bits per heavy atom. The minimum Gasteiger partial charge on any atom is -0.345 e. The predicted molar refractivity (Wildman–Crippen MR) is 71.5 cm³/mol. The topological polar surface area (TPSA) is 42.0 Å². The zero-order valence-electron chi connectivity index (χ0n) is 10.2. The molecule has 1 atom stereocenters. The van der Waals surface area contributed by atoms with Crippen molar-refractivity contribution in [1.82, 2.24) is 10.3 Å². The zero-order valence-corrected chi connectivity index (χ0v) is 11.0. The number of amides is 1. The van der Waals surface area contributed by atoms with Gasteiger partial charge < -0.3 is 5.32 Å². The van der Waals surface area contributed by atoms with Crippen LogP contribution in [0.2, 0.25) is 5.15 Å². The normalized spacial score (nSPS) is 11.9. The van der Waals surface area contributed by atoms with E-state index in [4.69, 9.17) is 11.6 Å². The largest absolute Gasteiger partial charge is 0.345 e. The molecule has 0 spiro atoms. The van der Waals surface area contributed by atoms with Gasteiger partial charge in [-0.05, 0) is 18.6 Å². The summed E-state index contributed by atoms with van der Waals surface area (Å²) < 4.78 is 13.6. The number of rotatable bonds is 3. The van der Waals surface area contributed by atoms with Gasteiger partial charge in [-0.1, -0.05) is 41.9 Å². The molecule has 1 amide bonds. The highest BCUT2D eigenvalue weighted by Gasteiger charge is 2.17. The van der Waals surface area contributed by atoms with Gasteiger partial charge in [0.25, 0.3) is 5.91 Å². The van der Waals surface area contributed by atoms with Crippen LogP contribution in [0.5, 0.6) is 0 Å². The lowest BCUT2D eigenvalue weighted by molar-refractivity contribution is 0.0935. The summed E-state index contributed by atoms with van der Waals surface area (Å²) in [5.74, 6) is -1.32. The molecule has 0 fully saturated rings. The van der Waals surface area contributed by atoms with Crippen molar-refractivity contribution in [2.75, 3.05) is 0 Å². The Labute approximate surface area is 115 Å². The Balaban J connectivity index is 2.16. The number of benzene rings is 1. The number of nitrogens with zero attached hydrogens (tertiary/aromatic N) is 1. The lowest BCUT2D eigenvalue weighted by atomic mass is 10.1. The molecular formula is C14H12ClFN2O. The minimum absolute atomic E-state index is 0.109. The maximum Gasteiger partial charge on any atom is 0.254 e. The third-order valence-electron chi connectivity index (χ3n) is 2.74. The first kappa shape index (κ1) is 13.5. The van der Waals surface area contributed by atoms with Crippen LogP contribution in [-0.2, 0) is 0 Å². The van der Waals surface area contributed by atoms with Crippen molar-refractivity contribution in [2.45, 2.75) is 13.0 Å². The van der Waals surface area contributed by atoms with Gasteiger partial charge in [-0.25, -0.2) is 9.37 Å². The Hall–Kier alpha value is -1.94. The molecule has 0 saturated carbocycles. The van der Waals surface area contributed by atoms with Crippen LogP contribution in [0.15, 0.2) is 42.6 Å². The molecule has 0 aliphatic heterocycles. The van der Waals surface area contributed by atoms with E-state index in [1.807, 2.05) is 37.3 Å². The molecule has 1 N–H and O–H groups in total. The van der Waals surface area contributed by atoms with Crippen LogP contribution in [0.4, 0.5) is 4.39 Å². The van der Waals surface area contributed by atoms with Gasteiger partial charge in [-0.3, -0.25) is 4.79 Å². The van der Waals surface area contributed by atoms with Gasteiger partial charge in [0.05, 0.1) is 11.6 Å². The predicted octanol–water partition coefficient (Wildman–Crippen LogP) is 3.37. The van der Waals surface area contributed by atoms with Crippen LogP contribution < -0.4 is 5.32 Å². The number of carbonyl (C=O) groups is 1. The van der Waals surface area contributed by atoms with E-state index in [1.165, 1.54) is 12.3 Å². The van der Waals surface area contributed by atoms with E-state index >= 15 is 0 Å². The average molecular weight is 279 g/mol. The molecule has 98 valence electrons. The van der Waals surface area contributed by atoms with Crippen molar-refractivity contribution in [2.24, 2.45) is 0 Å². The SMILES string of the molecule is CC(NC(=O)c1ccnc(Cl)c1F)c1ccccc1. The number of hydrogen-bond acceptors (Lipinski definition) is 2.